The molecular weight excluding hydrogens is 201 g/mol. The quantitative estimate of drug-likeness (QED) is 0.792. The highest BCUT2D eigenvalue weighted by Crippen LogP contribution is 2.08. The predicted octanol–water partition coefficient (Wildman–Crippen LogP) is 2.36. The molecule has 0 bridgehead atoms. The molecule has 0 radical (unpaired) electrons. The van der Waals surface area contributed by atoms with E-state index in [-0.39, 0.29) is 0 Å². The van der Waals surface area contributed by atoms with Crippen molar-refractivity contribution in [1.82, 2.24) is 5.32 Å². The van der Waals surface area contributed by atoms with Gasteiger partial charge in [0.2, 0.25) is 0 Å². The van der Waals surface area contributed by atoms with Crippen LogP contribution in [0, 0.1) is 0 Å². The number of amides is 1. The molecule has 0 aliphatic heterocycles. The number of methoxy groups -OCH3 is 1. The van der Waals surface area contributed by atoms with Gasteiger partial charge in [-0.25, -0.2) is 9.18 Å². The molecule has 0 aliphatic rings. The third-order valence-electron chi connectivity index (χ3n) is 1.47. The van der Waals surface area contributed by atoms with E-state index in [0.717, 1.165) is 6.20 Å². The van der Waals surface area contributed by atoms with E-state index >= 15 is 0 Å². The fraction of sp³-hybridized carbons (Fsp3) is 0.700. The number of rotatable bonds is 3. The average Bonchev–Trinajstić information content (AvgIpc) is 2.10. The van der Waals surface area contributed by atoms with Crippen LogP contribution in [0.15, 0.2) is 12.0 Å². The summed E-state index contributed by atoms with van der Waals surface area (Å²) in [5.74, 6) is -0.566. The van der Waals surface area contributed by atoms with Crippen LogP contribution in [0.3, 0.4) is 0 Å². The lowest BCUT2D eigenvalue weighted by molar-refractivity contribution is 0.0548. The van der Waals surface area contributed by atoms with Gasteiger partial charge in [0.15, 0.2) is 0 Å². The number of hydrogen-bond donors (Lipinski definition) is 1. The van der Waals surface area contributed by atoms with E-state index in [4.69, 9.17) is 9.47 Å². The molecule has 0 spiro atoms. The molecule has 0 aromatic heterocycles. The molecule has 0 aliphatic carbocycles. The largest absolute Gasteiger partial charge is 0.444 e. The van der Waals surface area contributed by atoms with Crippen molar-refractivity contribution in [2.24, 2.45) is 0 Å². The van der Waals surface area contributed by atoms with E-state index in [1.54, 1.807) is 20.8 Å². The van der Waals surface area contributed by atoms with E-state index in [0.29, 0.717) is 0 Å². The van der Waals surface area contributed by atoms with Gasteiger partial charge in [-0.1, -0.05) is 0 Å². The van der Waals surface area contributed by atoms with Crippen LogP contribution in [-0.4, -0.2) is 24.9 Å². The third kappa shape index (κ3) is 6.90. The van der Waals surface area contributed by atoms with Gasteiger partial charge in [-0.15, -0.1) is 0 Å². The Balaban J connectivity index is 4.10. The molecule has 0 rings (SSSR count). The minimum Gasteiger partial charge on any atom is -0.444 e. The lowest BCUT2D eigenvalue weighted by atomic mass is 10.2. The van der Waals surface area contributed by atoms with Crippen molar-refractivity contribution < 1.29 is 18.7 Å². The topological polar surface area (TPSA) is 47.6 Å². The highest BCUT2D eigenvalue weighted by atomic mass is 19.1. The molecule has 4 nitrogen and oxygen atoms in total. The van der Waals surface area contributed by atoms with Gasteiger partial charge in [-0.05, 0) is 27.7 Å². The average molecular weight is 219 g/mol. The van der Waals surface area contributed by atoms with Crippen LogP contribution in [0.5, 0.6) is 0 Å². The monoisotopic (exact) mass is 219 g/mol. The van der Waals surface area contributed by atoms with Crippen LogP contribution in [0.25, 0.3) is 0 Å². The summed E-state index contributed by atoms with van der Waals surface area (Å²) in [6.45, 7) is 6.71. The van der Waals surface area contributed by atoms with Gasteiger partial charge in [0.05, 0.1) is 0 Å². The SMILES string of the molecule is COC(C)/C(F)=C\NC(=O)OC(C)(C)C. The highest BCUT2D eigenvalue weighted by Gasteiger charge is 2.15. The van der Waals surface area contributed by atoms with Gasteiger partial charge in [0.1, 0.15) is 17.5 Å². The number of nitrogens with one attached hydrogen (secondary N) is 1. The maximum absolute atomic E-state index is 13.1. The Morgan fingerprint density at radius 1 is 1.47 bits per heavy atom. The Morgan fingerprint density at radius 3 is 2.40 bits per heavy atom. The van der Waals surface area contributed by atoms with Crippen LogP contribution >= 0.6 is 0 Å². The Morgan fingerprint density at radius 2 is 2.00 bits per heavy atom. The second-order valence-electron chi connectivity index (χ2n) is 4.05. The van der Waals surface area contributed by atoms with Crippen molar-refractivity contribution in [1.29, 1.82) is 0 Å². The van der Waals surface area contributed by atoms with E-state index in [2.05, 4.69) is 5.32 Å². The molecular formula is C10H18FNO3. The Hall–Kier alpha value is -1.10. The maximum atomic E-state index is 13.1. The first kappa shape index (κ1) is 13.9. The molecule has 1 N–H and O–H groups in total. The van der Waals surface area contributed by atoms with Crippen LogP contribution in [0.4, 0.5) is 9.18 Å². The molecule has 88 valence electrons. The first-order chi connectivity index (χ1) is 6.76. The molecule has 1 amide bonds. The number of alkyl carbamates (subject to hydrolysis) is 1. The number of carbonyl (C=O) groups excluding carboxylic acids is 1. The van der Waals surface area contributed by atoms with Crippen molar-refractivity contribution in [3.05, 3.63) is 12.0 Å². The summed E-state index contributed by atoms with van der Waals surface area (Å²) >= 11 is 0. The smallest absolute Gasteiger partial charge is 0.411 e. The van der Waals surface area contributed by atoms with E-state index in [1.807, 2.05) is 0 Å². The molecule has 0 saturated carbocycles. The summed E-state index contributed by atoms with van der Waals surface area (Å²) in [7, 11) is 1.38. The number of halogens is 1. The predicted molar refractivity (Wildman–Crippen MR) is 55.0 cm³/mol. The van der Waals surface area contributed by atoms with E-state index in [1.165, 1.54) is 14.0 Å². The van der Waals surface area contributed by atoms with Crippen LogP contribution in [0.2, 0.25) is 0 Å². The van der Waals surface area contributed by atoms with Crippen molar-refractivity contribution >= 4 is 6.09 Å². The van der Waals surface area contributed by atoms with Gasteiger partial charge >= 0.3 is 6.09 Å². The summed E-state index contributed by atoms with van der Waals surface area (Å²) in [4.78, 5) is 11.1. The van der Waals surface area contributed by atoms with Crippen LogP contribution in [-0.2, 0) is 9.47 Å². The van der Waals surface area contributed by atoms with Crippen molar-refractivity contribution in [2.45, 2.75) is 39.4 Å². The van der Waals surface area contributed by atoms with Crippen molar-refractivity contribution in [2.75, 3.05) is 7.11 Å². The molecule has 15 heavy (non-hydrogen) atoms. The zero-order chi connectivity index (χ0) is 12.1. The zero-order valence-electron chi connectivity index (χ0n) is 9.76. The third-order valence-corrected chi connectivity index (χ3v) is 1.47. The number of hydrogen-bond acceptors (Lipinski definition) is 3. The molecule has 1 unspecified atom stereocenters. The van der Waals surface area contributed by atoms with Crippen molar-refractivity contribution in [3.8, 4) is 0 Å². The molecule has 0 aromatic carbocycles. The zero-order valence-corrected chi connectivity index (χ0v) is 9.76. The highest BCUT2D eigenvalue weighted by molar-refractivity contribution is 5.68. The van der Waals surface area contributed by atoms with Gasteiger partial charge in [-0.2, -0.15) is 0 Å². The molecule has 0 saturated heterocycles. The normalized spacial score (nSPS) is 14.7. The minimum atomic E-state index is -0.694. The lowest BCUT2D eigenvalue weighted by Gasteiger charge is -2.18. The number of ether oxygens (including phenoxy) is 2. The Labute approximate surface area is 89.4 Å². The molecule has 0 fully saturated rings. The Kier molecular flexibility index (Phi) is 5.28. The van der Waals surface area contributed by atoms with E-state index < -0.39 is 23.6 Å². The fourth-order valence-electron chi connectivity index (χ4n) is 0.665. The molecule has 1 atom stereocenters. The van der Waals surface area contributed by atoms with Gasteiger partial charge in [0, 0.05) is 13.3 Å². The number of carbonyl (C=O) groups is 1. The summed E-state index contributed by atoms with van der Waals surface area (Å²) < 4.78 is 22.7. The summed E-state index contributed by atoms with van der Waals surface area (Å²) in [5.41, 5.74) is -0.596. The standard InChI is InChI=1S/C10H18FNO3/c1-7(14-5)8(11)6-12-9(13)15-10(2,3)4/h6-7H,1-5H3,(H,12,13)/b8-6+. The van der Waals surface area contributed by atoms with Gasteiger partial charge in [-0.3, -0.25) is 5.32 Å². The first-order valence-corrected chi connectivity index (χ1v) is 4.64. The van der Waals surface area contributed by atoms with Gasteiger partial charge < -0.3 is 9.47 Å². The molecule has 0 heterocycles. The summed E-state index contributed by atoms with van der Waals surface area (Å²) in [6.07, 6.45) is -0.441. The van der Waals surface area contributed by atoms with E-state index in [9.17, 15) is 9.18 Å². The summed E-state index contributed by atoms with van der Waals surface area (Å²) in [6, 6.07) is 0. The second-order valence-corrected chi connectivity index (χ2v) is 4.05. The fourth-order valence-corrected chi connectivity index (χ4v) is 0.665. The molecule has 0 aromatic rings. The maximum Gasteiger partial charge on any atom is 0.411 e. The molecule has 5 heteroatoms. The van der Waals surface area contributed by atoms with Gasteiger partial charge in [0.25, 0.3) is 0 Å². The van der Waals surface area contributed by atoms with Crippen molar-refractivity contribution in [3.63, 3.8) is 0 Å². The summed E-state index contributed by atoms with van der Waals surface area (Å²) in [5, 5.41) is 2.18. The minimum absolute atomic E-state index is 0.566. The van der Waals surface area contributed by atoms with Crippen LogP contribution < -0.4 is 5.32 Å². The lowest BCUT2D eigenvalue weighted by Crippen LogP contribution is -2.30. The van der Waals surface area contributed by atoms with Crippen LogP contribution in [0.1, 0.15) is 27.7 Å². The first-order valence-electron chi connectivity index (χ1n) is 4.64. The second kappa shape index (κ2) is 5.70. The Bertz CT molecular complexity index is 246.